The highest BCUT2D eigenvalue weighted by atomic mass is 28.4. The summed E-state index contributed by atoms with van der Waals surface area (Å²) in [7, 11) is 0.468. The van der Waals surface area contributed by atoms with Gasteiger partial charge in [0, 0.05) is 17.1 Å². The smallest absolute Gasteiger partial charge is 0.425 e. The van der Waals surface area contributed by atoms with Crippen molar-refractivity contribution in [1.29, 1.82) is 0 Å². The summed E-state index contributed by atoms with van der Waals surface area (Å²) in [5, 5.41) is 16.6. The molecule has 3 aliphatic rings. The van der Waals surface area contributed by atoms with Crippen LogP contribution in [0.1, 0.15) is 113 Å². The molecule has 7 rings (SSSR count). The van der Waals surface area contributed by atoms with Crippen LogP contribution in [-0.2, 0) is 38.3 Å². The number of imide groups is 1. The molecule has 67 heavy (non-hydrogen) atoms. The number of ketones is 2. The van der Waals surface area contributed by atoms with E-state index >= 15 is 14.0 Å². The quantitative estimate of drug-likeness (QED) is 0.0901. The summed E-state index contributed by atoms with van der Waals surface area (Å²) < 4.78 is 54.2. The van der Waals surface area contributed by atoms with Gasteiger partial charge in [0.05, 0.1) is 11.6 Å². The number of ether oxygens (including phenoxy) is 4. The maximum Gasteiger partial charge on any atom is 0.425 e. The number of carbonyl (C=O) groups is 4. The summed E-state index contributed by atoms with van der Waals surface area (Å²) >= 11 is 0. The number of pyridine rings is 1. The van der Waals surface area contributed by atoms with E-state index in [4.69, 9.17) is 27.9 Å². The van der Waals surface area contributed by atoms with Crippen molar-refractivity contribution in [3.8, 4) is 11.6 Å². The zero-order valence-corrected chi connectivity index (χ0v) is 41.5. The predicted molar refractivity (Wildman–Crippen MR) is 249 cm³/mol. The summed E-state index contributed by atoms with van der Waals surface area (Å²) in [5.74, 6) is -6.28. The lowest BCUT2D eigenvalue weighted by Gasteiger charge is -2.55. The van der Waals surface area contributed by atoms with Crippen LogP contribution in [0.4, 0.5) is 19.8 Å². The molecule has 2 heterocycles. The van der Waals surface area contributed by atoms with E-state index < -0.39 is 95.1 Å². The first-order valence-corrected chi connectivity index (χ1v) is 25.3. The van der Waals surface area contributed by atoms with E-state index in [-0.39, 0.29) is 60.0 Å². The maximum absolute atomic E-state index is 17.1. The lowest BCUT2D eigenvalue weighted by atomic mass is 9.57. The molecule has 15 nitrogen and oxygen atoms in total. The summed E-state index contributed by atoms with van der Waals surface area (Å²) in [6.45, 7) is 19.1. The van der Waals surface area contributed by atoms with Crippen LogP contribution in [0.5, 0.6) is 11.6 Å². The Labute approximate surface area is 391 Å². The molecule has 358 valence electrons. The van der Waals surface area contributed by atoms with Crippen molar-refractivity contribution in [1.82, 2.24) is 15.0 Å². The Kier molecular flexibility index (Phi) is 12.9. The zero-order valence-electron chi connectivity index (χ0n) is 40.5. The Morgan fingerprint density at radius 1 is 0.836 bits per heavy atom. The molecule has 4 aromatic rings. The molecule has 0 aliphatic heterocycles. The first-order valence-electron chi connectivity index (χ1n) is 22.4. The number of aromatic nitrogens is 2. The average molecular weight is 941 g/mol. The molecule has 1 fully saturated rings. The van der Waals surface area contributed by atoms with E-state index in [9.17, 15) is 14.7 Å². The van der Waals surface area contributed by atoms with Crippen molar-refractivity contribution >= 4 is 43.6 Å². The lowest BCUT2D eigenvalue weighted by Crippen LogP contribution is -2.68. The van der Waals surface area contributed by atoms with Crippen LogP contribution in [0.3, 0.4) is 0 Å². The molecule has 1 N–H and O–H groups in total. The fraction of sp³-hybridized carbons (Fsp3) is 0.480. The van der Waals surface area contributed by atoms with Crippen LogP contribution < -0.4 is 14.4 Å². The summed E-state index contributed by atoms with van der Waals surface area (Å²) in [6, 6.07) is 17.4. The number of anilines is 1. The van der Waals surface area contributed by atoms with Crippen molar-refractivity contribution < 1.29 is 56.6 Å². The largest absolute Gasteiger partial charge is 0.507 e. The minimum Gasteiger partial charge on any atom is -0.507 e. The number of amides is 2. The molecular formula is C50H61FN4O11Si. The fourth-order valence-electron chi connectivity index (χ4n) is 8.72. The second-order valence-electron chi connectivity index (χ2n) is 21.2. The second-order valence-corrected chi connectivity index (χ2v) is 25.9. The van der Waals surface area contributed by atoms with Gasteiger partial charge in [0.15, 0.2) is 31.2 Å². The molecule has 0 radical (unpaired) electrons. The van der Waals surface area contributed by atoms with Crippen molar-refractivity contribution in [3.63, 3.8) is 0 Å². The van der Waals surface area contributed by atoms with E-state index in [1.54, 1.807) is 86.0 Å². The summed E-state index contributed by atoms with van der Waals surface area (Å²) in [5.41, 5.74) is -3.87. The Morgan fingerprint density at radius 3 is 1.88 bits per heavy atom. The third-order valence-electron chi connectivity index (χ3n) is 12.7. The van der Waals surface area contributed by atoms with Gasteiger partial charge in [-0.2, -0.15) is 14.3 Å². The average Bonchev–Trinajstić information content (AvgIpc) is 3.63. The highest BCUT2D eigenvalue weighted by Gasteiger charge is 2.69. The molecule has 2 aromatic heterocycles. The Hall–Kier alpha value is -5.91. The van der Waals surface area contributed by atoms with Gasteiger partial charge < -0.3 is 33.0 Å². The summed E-state index contributed by atoms with van der Waals surface area (Å²) in [4.78, 5) is 66.5. The van der Waals surface area contributed by atoms with Crippen LogP contribution in [-0.4, -0.2) is 83.1 Å². The van der Waals surface area contributed by atoms with Crippen LogP contribution in [0, 0.1) is 17.8 Å². The van der Waals surface area contributed by atoms with Crippen molar-refractivity contribution in [2.24, 2.45) is 11.8 Å². The Morgan fingerprint density at radius 2 is 1.37 bits per heavy atom. The van der Waals surface area contributed by atoms with Gasteiger partial charge in [-0.3, -0.25) is 14.5 Å². The molecule has 2 amide bonds. The van der Waals surface area contributed by atoms with Gasteiger partial charge in [0.2, 0.25) is 17.5 Å². The van der Waals surface area contributed by atoms with Gasteiger partial charge in [0.25, 0.3) is 5.88 Å². The molecule has 0 bridgehead atoms. The number of halogens is 1. The highest BCUT2D eigenvalue weighted by Crippen LogP contribution is 2.59. The van der Waals surface area contributed by atoms with Gasteiger partial charge in [0.1, 0.15) is 35.7 Å². The van der Waals surface area contributed by atoms with Crippen LogP contribution >= 0.6 is 0 Å². The second kappa shape index (κ2) is 17.6. The summed E-state index contributed by atoms with van der Waals surface area (Å²) in [6.07, 6.45) is -2.70. The van der Waals surface area contributed by atoms with Gasteiger partial charge in [-0.1, -0.05) is 81.4 Å². The first kappa shape index (κ1) is 49.0. The monoisotopic (exact) mass is 940 g/mol. The number of benzene rings is 2. The minimum absolute atomic E-state index is 0.0370. The van der Waals surface area contributed by atoms with Crippen LogP contribution in [0.15, 0.2) is 70.8 Å². The topological polar surface area (TPSA) is 180 Å². The molecule has 0 saturated heterocycles. The van der Waals surface area contributed by atoms with Crippen molar-refractivity contribution in [2.75, 3.05) is 19.0 Å². The SMILES string of the molecule is CN(C)[C@@H]1c2onc(OCc3ccccc3)c2C(=O)[C@@]2(O[Si](C)(C)C(C)(C)C)C(=O)C3=C(O)c4c(c(F)nc(N(C(=O)OC(C)(C)C)C(=O)OC(C)(C)C)c4OCc4ccccc4)C[C@H]3C[C@@H]12. The minimum atomic E-state index is -3.12. The molecule has 17 heteroatoms. The van der Waals surface area contributed by atoms with Gasteiger partial charge in [-0.05, 0) is 109 Å². The standard InChI is InChI=1S/C50H61FN4O11Si/c1-47(2,3)63-45(59)55(46(60)64-48(4,5)6)43-39(61-26-28-20-16-14-17-21-28)34-31(42(51)52-43)24-30-25-32-36(54(10)11)38-35(44(53-65-38)62-27-29-22-18-15-19-23-29)41(58)50(32,40(57)33(30)37(34)56)66-67(12,13)49(7,8)9/h14-23,30,32,36,56H,24-27H2,1-13H3/t30-,32-,36-,50-/m0/s1. The number of rotatable bonds is 10. The third kappa shape index (κ3) is 9.24. The number of hydrogen-bond acceptors (Lipinski definition) is 14. The molecule has 4 atom stereocenters. The van der Waals surface area contributed by atoms with E-state index in [0.29, 0.717) is 10.5 Å². The molecule has 3 aliphatic carbocycles. The number of aliphatic hydroxyl groups excluding tert-OH is 1. The third-order valence-corrected chi connectivity index (χ3v) is 17.1. The number of carbonyl (C=O) groups excluding carboxylic acids is 4. The number of nitrogens with zero attached hydrogens (tertiary/aromatic N) is 4. The van der Waals surface area contributed by atoms with Crippen LogP contribution in [0.2, 0.25) is 18.1 Å². The van der Waals surface area contributed by atoms with E-state index in [2.05, 4.69) is 10.1 Å². The van der Waals surface area contributed by atoms with E-state index in [1.165, 1.54) is 0 Å². The first-order chi connectivity index (χ1) is 31.2. The Bertz CT molecular complexity index is 2580. The zero-order chi connectivity index (χ0) is 49.2. The number of fused-ring (bicyclic) bond motifs is 4. The molecule has 0 spiro atoms. The van der Waals surface area contributed by atoms with Gasteiger partial charge in [-0.15, -0.1) is 0 Å². The highest BCUT2D eigenvalue weighted by molar-refractivity contribution is 6.74. The van der Waals surface area contributed by atoms with Crippen molar-refractivity contribution in [2.45, 2.75) is 129 Å². The lowest BCUT2D eigenvalue weighted by molar-refractivity contribution is -0.140. The van der Waals surface area contributed by atoms with E-state index in [1.807, 2.05) is 69.1 Å². The number of hydrogen-bond donors (Lipinski definition) is 1. The van der Waals surface area contributed by atoms with Gasteiger partial charge in [-0.25, -0.2) is 9.59 Å². The normalized spacial score (nSPS) is 20.7. The predicted octanol–water partition coefficient (Wildman–Crippen LogP) is 10.3. The Balaban J connectivity index is 1.48. The van der Waals surface area contributed by atoms with Gasteiger partial charge >= 0.3 is 12.2 Å². The molecular weight excluding hydrogens is 880 g/mol. The molecule has 2 aromatic carbocycles. The fourth-order valence-corrected chi connectivity index (χ4v) is 10.2. The number of Topliss-reactive ketones (excluding diaryl/α,β-unsaturated/α-hetero) is 2. The molecule has 1 saturated carbocycles. The molecule has 0 unspecified atom stereocenters. The van der Waals surface area contributed by atoms with Crippen molar-refractivity contribution in [3.05, 3.63) is 106 Å². The number of aliphatic hydroxyl groups is 1. The maximum atomic E-state index is 17.1. The van der Waals surface area contributed by atoms with Crippen LogP contribution in [0.25, 0.3) is 5.76 Å². The van der Waals surface area contributed by atoms with E-state index in [0.717, 1.165) is 5.56 Å².